The molecule has 1 aliphatic heterocycles. The summed E-state index contributed by atoms with van der Waals surface area (Å²) in [5.41, 5.74) is 1.31. The molecule has 0 aromatic heterocycles. The van der Waals surface area contributed by atoms with Gasteiger partial charge in [0.15, 0.2) is 0 Å². The first-order chi connectivity index (χ1) is 12.4. The Hall–Kier alpha value is -2.87. The summed E-state index contributed by atoms with van der Waals surface area (Å²) in [5, 5.41) is 2.79. The zero-order valence-corrected chi connectivity index (χ0v) is 15.2. The Morgan fingerprint density at radius 2 is 1.88 bits per heavy atom. The van der Waals surface area contributed by atoms with Crippen LogP contribution in [-0.2, 0) is 21.4 Å². The average molecular weight is 373 g/mol. The molecule has 1 heterocycles. The van der Waals surface area contributed by atoms with Gasteiger partial charge in [-0.1, -0.05) is 30.3 Å². The van der Waals surface area contributed by atoms with Gasteiger partial charge in [0.2, 0.25) is 5.91 Å². The summed E-state index contributed by atoms with van der Waals surface area (Å²) in [7, 11) is -2.05. The van der Waals surface area contributed by atoms with Gasteiger partial charge in [-0.15, -0.1) is 0 Å². The molecule has 0 spiro atoms. The van der Waals surface area contributed by atoms with Crippen LogP contribution < -0.4 is 14.8 Å². The zero-order valence-electron chi connectivity index (χ0n) is 14.4. The van der Waals surface area contributed by atoms with Gasteiger partial charge in [0.05, 0.1) is 12.0 Å². The molecule has 0 saturated heterocycles. The Balaban J connectivity index is 1.73. The minimum Gasteiger partial charge on any atom is -0.496 e. The van der Waals surface area contributed by atoms with Gasteiger partial charge in [0.25, 0.3) is 10.0 Å². The van der Waals surface area contributed by atoms with Crippen molar-refractivity contribution >= 4 is 21.8 Å². The Morgan fingerprint density at radius 3 is 2.65 bits per heavy atom. The molecule has 7 nitrogen and oxygen atoms in total. The minimum absolute atomic E-state index is 0.167. The molecular weight excluding hydrogens is 354 g/mol. The number of sulfonamides is 1. The number of methoxy groups -OCH3 is 1. The van der Waals surface area contributed by atoms with E-state index in [1.54, 1.807) is 32.2 Å². The molecule has 0 saturated carbocycles. The second-order valence-electron chi connectivity index (χ2n) is 5.78. The first kappa shape index (κ1) is 17.9. The summed E-state index contributed by atoms with van der Waals surface area (Å²) in [6.07, 6.45) is 0. The van der Waals surface area contributed by atoms with E-state index in [-0.39, 0.29) is 16.6 Å². The van der Waals surface area contributed by atoms with E-state index in [0.717, 1.165) is 5.56 Å². The van der Waals surface area contributed by atoms with Crippen LogP contribution in [0.3, 0.4) is 0 Å². The van der Waals surface area contributed by atoms with Crippen LogP contribution in [0.1, 0.15) is 18.1 Å². The fourth-order valence-electron chi connectivity index (χ4n) is 2.66. The van der Waals surface area contributed by atoms with Gasteiger partial charge in [0, 0.05) is 17.7 Å². The number of ether oxygens (including phenoxy) is 1. The van der Waals surface area contributed by atoms with Crippen molar-refractivity contribution in [2.75, 3.05) is 7.11 Å². The normalized spacial score (nSPS) is 17.2. The van der Waals surface area contributed by atoms with Crippen molar-refractivity contribution < 1.29 is 17.9 Å². The summed E-state index contributed by atoms with van der Waals surface area (Å²) >= 11 is 0. The molecule has 1 atom stereocenters. The summed E-state index contributed by atoms with van der Waals surface area (Å²) in [5.74, 6) is 0.553. The number of nitrogens with zero attached hydrogens (tertiary/aromatic N) is 1. The molecule has 0 bridgehead atoms. The van der Waals surface area contributed by atoms with Gasteiger partial charge >= 0.3 is 0 Å². The van der Waals surface area contributed by atoms with E-state index in [1.807, 2.05) is 24.3 Å². The summed E-state index contributed by atoms with van der Waals surface area (Å²) in [4.78, 5) is 16.8. The van der Waals surface area contributed by atoms with Crippen LogP contribution in [0.5, 0.6) is 5.75 Å². The molecule has 26 heavy (non-hydrogen) atoms. The van der Waals surface area contributed by atoms with Crippen LogP contribution in [0.25, 0.3) is 0 Å². The molecule has 0 fully saturated rings. The Labute approximate surface area is 152 Å². The minimum atomic E-state index is -3.62. The molecular formula is C18H19N3O4S. The molecule has 0 aliphatic carbocycles. The first-order valence-corrected chi connectivity index (χ1v) is 9.50. The highest BCUT2D eigenvalue weighted by molar-refractivity contribution is 7.90. The molecule has 1 aliphatic rings. The maximum absolute atomic E-state index is 12.3. The lowest BCUT2D eigenvalue weighted by Gasteiger charge is -2.12. The topological polar surface area (TPSA) is 96.9 Å². The second kappa shape index (κ2) is 7.17. The lowest BCUT2D eigenvalue weighted by molar-refractivity contribution is -0.122. The van der Waals surface area contributed by atoms with Crippen LogP contribution in [0, 0.1) is 0 Å². The van der Waals surface area contributed by atoms with Gasteiger partial charge in [-0.2, -0.15) is 0 Å². The molecule has 136 valence electrons. The number of fused-ring (bicyclic) bond motifs is 1. The molecule has 2 aromatic rings. The number of hydrogen-bond acceptors (Lipinski definition) is 5. The maximum Gasteiger partial charge on any atom is 0.263 e. The molecule has 3 rings (SSSR count). The standard InChI is InChI=1S/C18H19N3O4S/c1-12(18(22)19-11-13-7-3-5-9-15(13)25-2)20-17-14-8-4-6-10-16(14)26(23,24)21-17/h3-10,12H,11H2,1-2H3,(H,19,22)(H,20,21)/t12-/m0/s1. The predicted molar refractivity (Wildman–Crippen MR) is 97.6 cm³/mol. The van der Waals surface area contributed by atoms with Crippen molar-refractivity contribution in [2.24, 2.45) is 4.99 Å². The fraction of sp³-hybridized carbons (Fsp3) is 0.222. The monoisotopic (exact) mass is 373 g/mol. The second-order valence-corrected chi connectivity index (χ2v) is 7.44. The molecule has 0 radical (unpaired) electrons. The van der Waals surface area contributed by atoms with Crippen LogP contribution in [0.2, 0.25) is 0 Å². The van der Waals surface area contributed by atoms with Crippen molar-refractivity contribution in [3.63, 3.8) is 0 Å². The Morgan fingerprint density at radius 1 is 1.19 bits per heavy atom. The van der Waals surface area contributed by atoms with E-state index < -0.39 is 16.1 Å². The number of nitrogens with one attached hydrogen (secondary N) is 2. The molecule has 8 heteroatoms. The SMILES string of the molecule is COc1ccccc1CNC(=O)[C@H](C)N=C1NS(=O)(=O)c2ccccc21. The fourth-order valence-corrected chi connectivity index (χ4v) is 3.90. The van der Waals surface area contributed by atoms with Crippen LogP contribution in [-0.4, -0.2) is 33.3 Å². The predicted octanol–water partition coefficient (Wildman–Crippen LogP) is 1.44. The number of hydrogen-bond donors (Lipinski definition) is 2. The summed E-state index contributed by atoms with van der Waals surface area (Å²) in [6, 6.07) is 13.2. The lowest BCUT2D eigenvalue weighted by atomic mass is 10.2. The Kier molecular flexibility index (Phi) is 4.94. The molecule has 1 amide bonds. The summed E-state index contributed by atoms with van der Waals surface area (Å²) < 4.78 is 31.8. The first-order valence-electron chi connectivity index (χ1n) is 8.02. The number of amides is 1. The van der Waals surface area contributed by atoms with E-state index in [1.165, 1.54) is 6.07 Å². The average Bonchev–Trinajstić information content (AvgIpc) is 2.90. The van der Waals surface area contributed by atoms with E-state index in [2.05, 4.69) is 15.0 Å². The van der Waals surface area contributed by atoms with Crippen molar-refractivity contribution in [1.29, 1.82) is 0 Å². The molecule has 2 aromatic carbocycles. The number of para-hydroxylation sites is 1. The van der Waals surface area contributed by atoms with E-state index in [9.17, 15) is 13.2 Å². The number of aliphatic imine (C=N–C) groups is 1. The van der Waals surface area contributed by atoms with Gasteiger partial charge < -0.3 is 10.1 Å². The number of carbonyl (C=O) groups excluding carboxylic acids is 1. The third kappa shape index (κ3) is 3.55. The highest BCUT2D eigenvalue weighted by Crippen LogP contribution is 2.22. The van der Waals surface area contributed by atoms with Gasteiger partial charge in [-0.3, -0.25) is 14.5 Å². The number of benzene rings is 2. The van der Waals surface area contributed by atoms with E-state index >= 15 is 0 Å². The van der Waals surface area contributed by atoms with E-state index in [4.69, 9.17) is 4.74 Å². The van der Waals surface area contributed by atoms with Crippen LogP contribution in [0.15, 0.2) is 58.4 Å². The number of rotatable bonds is 5. The molecule has 2 N–H and O–H groups in total. The maximum atomic E-state index is 12.3. The quantitative estimate of drug-likeness (QED) is 0.829. The zero-order chi connectivity index (χ0) is 18.7. The number of amidine groups is 1. The lowest BCUT2D eigenvalue weighted by Crippen LogP contribution is -2.33. The smallest absolute Gasteiger partial charge is 0.263 e. The third-order valence-electron chi connectivity index (χ3n) is 4.01. The van der Waals surface area contributed by atoms with Gasteiger partial charge in [0.1, 0.15) is 17.6 Å². The van der Waals surface area contributed by atoms with Crippen molar-refractivity contribution in [3.05, 3.63) is 59.7 Å². The largest absolute Gasteiger partial charge is 0.496 e. The van der Waals surface area contributed by atoms with Gasteiger partial charge in [-0.25, -0.2) is 8.42 Å². The highest BCUT2D eigenvalue weighted by atomic mass is 32.2. The van der Waals surface area contributed by atoms with Crippen molar-refractivity contribution in [3.8, 4) is 5.75 Å². The summed E-state index contributed by atoms with van der Waals surface area (Å²) in [6.45, 7) is 1.90. The van der Waals surface area contributed by atoms with Gasteiger partial charge in [-0.05, 0) is 25.1 Å². The Bertz CT molecular complexity index is 970. The third-order valence-corrected chi connectivity index (χ3v) is 5.41. The van der Waals surface area contributed by atoms with E-state index in [0.29, 0.717) is 17.9 Å². The molecule has 0 unspecified atom stereocenters. The van der Waals surface area contributed by atoms with Crippen LogP contribution >= 0.6 is 0 Å². The van der Waals surface area contributed by atoms with Crippen LogP contribution in [0.4, 0.5) is 0 Å². The number of carbonyl (C=O) groups is 1. The highest BCUT2D eigenvalue weighted by Gasteiger charge is 2.31. The van der Waals surface area contributed by atoms with Crippen molar-refractivity contribution in [2.45, 2.75) is 24.4 Å². The van der Waals surface area contributed by atoms with Crippen molar-refractivity contribution in [1.82, 2.24) is 10.0 Å².